The summed E-state index contributed by atoms with van der Waals surface area (Å²) in [6, 6.07) is 10.6. The Morgan fingerprint density at radius 1 is 1.20 bits per heavy atom. The van der Waals surface area contributed by atoms with Crippen LogP contribution in [0.15, 0.2) is 36.5 Å². The molecule has 0 aliphatic heterocycles. The van der Waals surface area contributed by atoms with Gasteiger partial charge in [-0.1, -0.05) is 30.3 Å². The molecule has 1 heterocycles. The van der Waals surface area contributed by atoms with Crippen LogP contribution in [0.1, 0.15) is 17.7 Å². The average Bonchev–Trinajstić information content (AvgIpc) is 2.81. The van der Waals surface area contributed by atoms with Crippen LogP contribution >= 0.6 is 0 Å². The van der Waals surface area contributed by atoms with E-state index in [9.17, 15) is 0 Å². The van der Waals surface area contributed by atoms with Gasteiger partial charge in [-0.2, -0.15) is 0 Å². The van der Waals surface area contributed by atoms with Crippen molar-refractivity contribution in [3.05, 3.63) is 47.8 Å². The van der Waals surface area contributed by atoms with E-state index in [2.05, 4.69) is 52.2 Å². The number of hydrogen-bond donors (Lipinski definition) is 1. The van der Waals surface area contributed by atoms with Gasteiger partial charge in [0.15, 0.2) is 0 Å². The second-order valence-electron chi connectivity index (χ2n) is 5.27. The molecule has 0 aliphatic rings. The summed E-state index contributed by atoms with van der Waals surface area (Å²) in [7, 11) is 6.09. The Labute approximate surface area is 121 Å². The molecule has 4 heteroatoms. The van der Waals surface area contributed by atoms with Crippen LogP contribution in [-0.4, -0.2) is 30.2 Å². The maximum Gasteiger partial charge on any atom is 0.204 e. The second-order valence-corrected chi connectivity index (χ2v) is 5.27. The number of rotatable bonds is 7. The van der Waals surface area contributed by atoms with Gasteiger partial charge in [0.2, 0.25) is 5.95 Å². The second kappa shape index (κ2) is 7.10. The molecule has 0 unspecified atom stereocenters. The van der Waals surface area contributed by atoms with Crippen LogP contribution in [0.4, 0.5) is 5.95 Å². The van der Waals surface area contributed by atoms with Crippen LogP contribution in [0.3, 0.4) is 0 Å². The lowest BCUT2D eigenvalue weighted by Crippen LogP contribution is -2.19. The Balaban J connectivity index is 1.71. The third-order valence-corrected chi connectivity index (χ3v) is 3.43. The summed E-state index contributed by atoms with van der Waals surface area (Å²) in [5, 5.41) is 3.49. The van der Waals surface area contributed by atoms with E-state index in [0.717, 1.165) is 31.9 Å². The minimum Gasteiger partial charge on any atom is -0.348 e. The number of anilines is 1. The van der Waals surface area contributed by atoms with Crippen LogP contribution in [-0.2, 0) is 20.0 Å². The normalized spacial score (nSPS) is 10.8. The molecule has 0 radical (unpaired) electrons. The summed E-state index contributed by atoms with van der Waals surface area (Å²) < 4.78 is 2.13. The molecule has 0 spiro atoms. The maximum atomic E-state index is 4.41. The molecule has 0 saturated carbocycles. The van der Waals surface area contributed by atoms with Gasteiger partial charge in [0.25, 0.3) is 0 Å². The first-order valence-corrected chi connectivity index (χ1v) is 7.11. The van der Waals surface area contributed by atoms with E-state index in [1.807, 2.05) is 25.2 Å². The molecule has 20 heavy (non-hydrogen) atoms. The van der Waals surface area contributed by atoms with Crippen molar-refractivity contribution >= 4 is 5.95 Å². The minimum absolute atomic E-state index is 0.867. The van der Waals surface area contributed by atoms with Gasteiger partial charge in [0, 0.05) is 27.7 Å². The Kier molecular flexibility index (Phi) is 5.18. The lowest BCUT2D eigenvalue weighted by molar-refractivity contribution is 0.625. The van der Waals surface area contributed by atoms with Gasteiger partial charge >= 0.3 is 0 Å². The highest BCUT2D eigenvalue weighted by molar-refractivity contribution is 5.30. The Hall–Kier alpha value is -1.81. The van der Waals surface area contributed by atoms with Crippen LogP contribution in [0.5, 0.6) is 0 Å². The summed E-state index contributed by atoms with van der Waals surface area (Å²) in [5.74, 6) is 0.992. The van der Waals surface area contributed by atoms with E-state index < -0.39 is 0 Å². The van der Waals surface area contributed by atoms with Crippen molar-refractivity contribution in [1.82, 2.24) is 14.9 Å². The van der Waals surface area contributed by atoms with Crippen LogP contribution in [0.25, 0.3) is 0 Å². The first kappa shape index (κ1) is 14.6. The van der Waals surface area contributed by atoms with Crippen LogP contribution in [0, 0.1) is 0 Å². The third kappa shape index (κ3) is 3.84. The fraction of sp³-hybridized carbons (Fsp3) is 0.438. The Morgan fingerprint density at radius 2 is 1.95 bits per heavy atom. The van der Waals surface area contributed by atoms with Crippen molar-refractivity contribution in [2.45, 2.75) is 19.4 Å². The van der Waals surface area contributed by atoms with Crippen molar-refractivity contribution in [2.24, 2.45) is 7.05 Å². The smallest absolute Gasteiger partial charge is 0.204 e. The zero-order chi connectivity index (χ0) is 14.4. The number of imidazole rings is 1. The molecule has 1 aromatic carbocycles. The van der Waals surface area contributed by atoms with Gasteiger partial charge in [-0.05, 0) is 24.9 Å². The van der Waals surface area contributed by atoms with Gasteiger partial charge in [-0.3, -0.25) is 0 Å². The molecule has 1 aromatic heterocycles. The number of nitrogens with zero attached hydrogens (tertiary/aromatic N) is 3. The first-order chi connectivity index (χ1) is 9.68. The average molecular weight is 272 g/mol. The zero-order valence-electron chi connectivity index (χ0n) is 12.6. The molecule has 0 atom stereocenters. The van der Waals surface area contributed by atoms with Crippen LogP contribution in [0.2, 0.25) is 0 Å². The van der Waals surface area contributed by atoms with E-state index in [-0.39, 0.29) is 0 Å². The van der Waals surface area contributed by atoms with Gasteiger partial charge in [0.05, 0.1) is 11.9 Å². The van der Waals surface area contributed by atoms with Gasteiger partial charge < -0.3 is 14.8 Å². The van der Waals surface area contributed by atoms with Crippen molar-refractivity contribution < 1.29 is 0 Å². The highest BCUT2D eigenvalue weighted by Gasteiger charge is 2.06. The lowest BCUT2D eigenvalue weighted by atomic mass is 10.1. The number of hydrogen-bond acceptors (Lipinski definition) is 3. The lowest BCUT2D eigenvalue weighted by Gasteiger charge is -2.12. The molecule has 108 valence electrons. The highest BCUT2D eigenvalue weighted by Crippen LogP contribution is 2.10. The summed E-state index contributed by atoms with van der Waals surface area (Å²) in [6.45, 7) is 1.89. The van der Waals surface area contributed by atoms with Gasteiger partial charge in [-0.15, -0.1) is 0 Å². The molecule has 2 aromatic rings. The Morgan fingerprint density at radius 3 is 2.60 bits per heavy atom. The van der Waals surface area contributed by atoms with Crippen LogP contribution < -0.4 is 10.2 Å². The zero-order valence-corrected chi connectivity index (χ0v) is 12.6. The largest absolute Gasteiger partial charge is 0.348 e. The number of aryl methyl sites for hydroxylation is 1. The molecule has 2 rings (SSSR count). The van der Waals surface area contributed by atoms with E-state index in [4.69, 9.17) is 0 Å². The molecule has 1 N–H and O–H groups in total. The van der Waals surface area contributed by atoms with Crippen molar-refractivity contribution in [3.8, 4) is 0 Å². The fourth-order valence-corrected chi connectivity index (χ4v) is 2.29. The first-order valence-electron chi connectivity index (χ1n) is 7.11. The van der Waals surface area contributed by atoms with E-state index in [1.165, 1.54) is 11.3 Å². The van der Waals surface area contributed by atoms with Gasteiger partial charge in [0.1, 0.15) is 0 Å². The number of nitrogens with one attached hydrogen (secondary N) is 1. The standard InChI is InChI=1S/C16H24N4/c1-19(2)16-18-13-15(20(16)3)12-17-11-7-10-14-8-5-4-6-9-14/h4-6,8-9,13,17H,7,10-12H2,1-3H3. The van der Waals surface area contributed by atoms with Crippen molar-refractivity contribution in [2.75, 3.05) is 25.5 Å². The minimum atomic E-state index is 0.867. The molecule has 4 nitrogen and oxygen atoms in total. The molecule has 0 aliphatic carbocycles. The predicted octanol–water partition coefficient (Wildman–Crippen LogP) is 2.21. The SMILES string of the molecule is CN(C)c1ncc(CNCCCc2ccccc2)n1C. The molecular weight excluding hydrogens is 248 g/mol. The Bertz CT molecular complexity index is 517. The maximum absolute atomic E-state index is 4.41. The van der Waals surface area contributed by atoms with Gasteiger partial charge in [-0.25, -0.2) is 4.98 Å². The summed E-state index contributed by atoms with van der Waals surface area (Å²) in [5.41, 5.74) is 2.62. The summed E-state index contributed by atoms with van der Waals surface area (Å²) in [6.07, 6.45) is 4.23. The third-order valence-electron chi connectivity index (χ3n) is 3.43. The van der Waals surface area contributed by atoms with E-state index in [0.29, 0.717) is 0 Å². The summed E-state index contributed by atoms with van der Waals surface area (Å²) in [4.78, 5) is 6.44. The number of benzene rings is 1. The monoisotopic (exact) mass is 272 g/mol. The quantitative estimate of drug-likeness (QED) is 0.785. The highest BCUT2D eigenvalue weighted by atomic mass is 15.3. The molecular formula is C16H24N4. The predicted molar refractivity (Wildman–Crippen MR) is 84.0 cm³/mol. The molecule has 0 saturated heterocycles. The van der Waals surface area contributed by atoms with Crippen molar-refractivity contribution in [3.63, 3.8) is 0 Å². The molecule has 0 fully saturated rings. The molecule has 0 bridgehead atoms. The molecule has 0 amide bonds. The fourth-order valence-electron chi connectivity index (χ4n) is 2.29. The topological polar surface area (TPSA) is 33.1 Å². The number of aromatic nitrogens is 2. The van der Waals surface area contributed by atoms with Crippen molar-refractivity contribution in [1.29, 1.82) is 0 Å². The summed E-state index contributed by atoms with van der Waals surface area (Å²) >= 11 is 0. The van der Waals surface area contributed by atoms with E-state index >= 15 is 0 Å². The van der Waals surface area contributed by atoms with E-state index in [1.54, 1.807) is 0 Å².